The van der Waals surface area contributed by atoms with Crippen LogP contribution in [0.4, 0.5) is 5.69 Å². The maximum absolute atomic E-state index is 12.6. The number of carbonyl (C=O) groups is 3. The van der Waals surface area contributed by atoms with Gasteiger partial charge in [-0.25, -0.2) is 4.79 Å². The molecule has 0 heterocycles. The van der Waals surface area contributed by atoms with Crippen LogP contribution in [0.1, 0.15) is 45.2 Å². The Bertz CT molecular complexity index is 911. The third-order valence-corrected chi connectivity index (χ3v) is 3.96. The molecule has 1 amide bonds. The second kappa shape index (κ2) is 8.77. The Kier molecular flexibility index (Phi) is 6.45. The average molecular weight is 364 g/mol. The van der Waals surface area contributed by atoms with Gasteiger partial charge in [0.15, 0.2) is 6.10 Å². The van der Waals surface area contributed by atoms with Crippen LogP contribution < -0.4 is 5.32 Å². The van der Waals surface area contributed by atoms with E-state index in [1.807, 2.05) is 26.0 Å². The number of nitrogens with zero attached hydrogens (tertiary/aromatic N) is 1. The average Bonchev–Trinajstić information content (AvgIpc) is 2.63. The molecule has 0 aliphatic heterocycles. The second-order valence-electron chi connectivity index (χ2n) is 6.19. The number of hydrogen-bond donors (Lipinski definition) is 1. The minimum absolute atomic E-state index is 0.248. The molecule has 0 radical (unpaired) electrons. The predicted octanol–water partition coefficient (Wildman–Crippen LogP) is 3.58. The summed E-state index contributed by atoms with van der Waals surface area (Å²) in [6.45, 7) is 5.27. The van der Waals surface area contributed by atoms with Gasteiger partial charge in [0, 0.05) is 11.3 Å². The van der Waals surface area contributed by atoms with Gasteiger partial charge in [-0.1, -0.05) is 17.7 Å². The smallest absolute Gasteiger partial charge is 0.338 e. The minimum atomic E-state index is -0.923. The molecule has 0 aliphatic rings. The van der Waals surface area contributed by atoms with Crippen molar-refractivity contribution >= 4 is 23.3 Å². The highest BCUT2D eigenvalue weighted by Gasteiger charge is 2.22. The standard InChI is InChI=1S/C21H20N2O4/c1-13-4-5-14(2)18(12-13)20(25)15(3)27-21(26)16-6-8-17(9-7-16)23-19(24)10-11-22/h4-9,12,15H,10H2,1-3H3,(H,23,24)/t15-/m0/s1. The van der Waals surface area contributed by atoms with Crippen LogP contribution in [-0.2, 0) is 9.53 Å². The maximum atomic E-state index is 12.6. The number of Topliss-reactive ketones (excluding diaryl/α,β-unsaturated/α-hetero) is 1. The van der Waals surface area contributed by atoms with E-state index in [4.69, 9.17) is 10.00 Å². The summed E-state index contributed by atoms with van der Waals surface area (Å²) >= 11 is 0. The lowest BCUT2D eigenvalue weighted by atomic mass is 9.99. The molecule has 0 saturated carbocycles. The van der Waals surface area contributed by atoms with Gasteiger partial charge in [0.25, 0.3) is 0 Å². The largest absolute Gasteiger partial charge is 0.451 e. The van der Waals surface area contributed by atoms with Gasteiger partial charge in [-0.2, -0.15) is 5.26 Å². The molecule has 0 fully saturated rings. The first-order valence-corrected chi connectivity index (χ1v) is 8.41. The fourth-order valence-electron chi connectivity index (χ4n) is 2.47. The molecule has 1 atom stereocenters. The Balaban J connectivity index is 2.03. The lowest BCUT2D eigenvalue weighted by Crippen LogP contribution is -2.25. The van der Waals surface area contributed by atoms with Gasteiger partial charge in [-0.05, 0) is 56.7 Å². The Morgan fingerprint density at radius 3 is 2.41 bits per heavy atom. The van der Waals surface area contributed by atoms with Crippen LogP contribution in [0, 0.1) is 25.2 Å². The van der Waals surface area contributed by atoms with Crippen LogP contribution in [0.3, 0.4) is 0 Å². The van der Waals surface area contributed by atoms with Gasteiger partial charge in [0.05, 0.1) is 11.6 Å². The van der Waals surface area contributed by atoms with E-state index >= 15 is 0 Å². The molecule has 2 aromatic carbocycles. The van der Waals surface area contributed by atoms with E-state index in [0.717, 1.165) is 11.1 Å². The number of esters is 1. The first kappa shape index (κ1) is 19.9. The first-order chi connectivity index (χ1) is 12.8. The van der Waals surface area contributed by atoms with Crippen LogP contribution in [0.25, 0.3) is 0 Å². The predicted molar refractivity (Wildman–Crippen MR) is 100 cm³/mol. The summed E-state index contributed by atoms with van der Waals surface area (Å²) in [5, 5.41) is 11.0. The number of amides is 1. The molecule has 2 rings (SSSR count). The second-order valence-corrected chi connectivity index (χ2v) is 6.19. The number of ketones is 1. The number of benzene rings is 2. The van der Waals surface area contributed by atoms with Crippen LogP contribution in [-0.4, -0.2) is 23.8 Å². The van der Waals surface area contributed by atoms with Gasteiger partial charge in [-0.15, -0.1) is 0 Å². The Morgan fingerprint density at radius 2 is 1.78 bits per heavy atom. The van der Waals surface area contributed by atoms with Crippen LogP contribution in [0.2, 0.25) is 0 Å². The first-order valence-electron chi connectivity index (χ1n) is 8.41. The third kappa shape index (κ3) is 5.25. The highest BCUT2D eigenvalue weighted by Crippen LogP contribution is 2.16. The SMILES string of the molecule is Cc1ccc(C)c(C(=O)[C@H](C)OC(=O)c2ccc(NC(=O)CC#N)cc2)c1. The van der Waals surface area contributed by atoms with Crippen molar-refractivity contribution in [2.75, 3.05) is 5.32 Å². The van der Waals surface area contributed by atoms with Crippen molar-refractivity contribution < 1.29 is 19.1 Å². The summed E-state index contributed by atoms with van der Waals surface area (Å²) in [4.78, 5) is 36.2. The summed E-state index contributed by atoms with van der Waals surface area (Å²) in [6.07, 6.45) is -1.17. The molecule has 6 heteroatoms. The van der Waals surface area contributed by atoms with Crippen molar-refractivity contribution in [2.24, 2.45) is 0 Å². The summed E-state index contributed by atoms with van der Waals surface area (Å²) in [7, 11) is 0. The van der Waals surface area contributed by atoms with Crippen LogP contribution in [0.5, 0.6) is 0 Å². The Morgan fingerprint density at radius 1 is 1.11 bits per heavy atom. The van der Waals surface area contributed by atoms with E-state index in [1.54, 1.807) is 19.1 Å². The van der Waals surface area contributed by atoms with E-state index in [9.17, 15) is 14.4 Å². The van der Waals surface area contributed by atoms with E-state index in [-0.39, 0.29) is 17.8 Å². The quantitative estimate of drug-likeness (QED) is 0.624. The molecule has 2 aromatic rings. The normalized spacial score (nSPS) is 11.2. The molecule has 0 spiro atoms. The number of hydrogen-bond acceptors (Lipinski definition) is 5. The molecule has 138 valence electrons. The van der Waals surface area contributed by atoms with Gasteiger partial charge < -0.3 is 10.1 Å². The zero-order chi connectivity index (χ0) is 20.0. The van der Waals surface area contributed by atoms with Crippen molar-refractivity contribution in [1.29, 1.82) is 5.26 Å². The molecule has 6 nitrogen and oxygen atoms in total. The van der Waals surface area contributed by atoms with Crippen molar-refractivity contribution in [1.82, 2.24) is 0 Å². The lowest BCUT2D eigenvalue weighted by Gasteiger charge is -2.14. The monoisotopic (exact) mass is 364 g/mol. The summed E-state index contributed by atoms with van der Waals surface area (Å²) in [5.74, 6) is -1.32. The van der Waals surface area contributed by atoms with Crippen molar-refractivity contribution in [3.63, 3.8) is 0 Å². The molecule has 0 bridgehead atoms. The van der Waals surface area contributed by atoms with Crippen molar-refractivity contribution in [3.8, 4) is 6.07 Å². The number of aryl methyl sites for hydroxylation is 2. The highest BCUT2D eigenvalue weighted by atomic mass is 16.5. The molecule has 0 unspecified atom stereocenters. The third-order valence-electron chi connectivity index (χ3n) is 3.96. The van der Waals surface area contributed by atoms with E-state index in [1.165, 1.54) is 24.3 Å². The molecular weight excluding hydrogens is 344 g/mol. The van der Waals surface area contributed by atoms with Crippen molar-refractivity contribution in [3.05, 3.63) is 64.7 Å². The summed E-state index contributed by atoms with van der Waals surface area (Å²) < 4.78 is 5.29. The fourth-order valence-corrected chi connectivity index (χ4v) is 2.47. The van der Waals surface area contributed by atoms with Gasteiger partial charge in [0.1, 0.15) is 6.42 Å². The number of carbonyl (C=O) groups excluding carboxylic acids is 3. The number of nitrogens with one attached hydrogen (secondary N) is 1. The lowest BCUT2D eigenvalue weighted by molar-refractivity contribution is -0.115. The van der Waals surface area contributed by atoms with E-state index < -0.39 is 18.0 Å². The Labute approximate surface area is 157 Å². The molecule has 1 N–H and O–H groups in total. The van der Waals surface area contributed by atoms with Gasteiger partial charge in [0.2, 0.25) is 11.7 Å². The number of nitriles is 1. The van der Waals surface area contributed by atoms with E-state index in [0.29, 0.717) is 11.3 Å². The highest BCUT2D eigenvalue weighted by molar-refractivity contribution is 6.02. The van der Waals surface area contributed by atoms with Crippen molar-refractivity contribution in [2.45, 2.75) is 33.3 Å². The fraction of sp³-hybridized carbons (Fsp3) is 0.238. The zero-order valence-electron chi connectivity index (χ0n) is 15.4. The number of ether oxygens (including phenoxy) is 1. The molecule has 0 aromatic heterocycles. The van der Waals surface area contributed by atoms with Gasteiger partial charge in [-0.3, -0.25) is 9.59 Å². The summed E-state index contributed by atoms with van der Waals surface area (Å²) in [6, 6.07) is 13.3. The molecule has 27 heavy (non-hydrogen) atoms. The number of anilines is 1. The number of rotatable bonds is 6. The van der Waals surface area contributed by atoms with Crippen LogP contribution >= 0.6 is 0 Å². The maximum Gasteiger partial charge on any atom is 0.338 e. The summed E-state index contributed by atoms with van der Waals surface area (Å²) in [5.41, 5.74) is 3.04. The van der Waals surface area contributed by atoms with Gasteiger partial charge >= 0.3 is 5.97 Å². The molecular formula is C21H20N2O4. The molecule has 0 saturated heterocycles. The Hall–Kier alpha value is -3.46. The van der Waals surface area contributed by atoms with E-state index in [2.05, 4.69) is 5.32 Å². The minimum Gasteiger partial charge on any atom is -0.451 e. The van der Waals surface area contributed by atoms with Crippen LogP contribution in [0.15, 0.2) is 42.5 Å². The topological polar surface area (TPSA) is 96.3 Å². The zero-order valence-corrected chi connectivity index (χ0v) is 15.4. The molecule has 0 aliphatic carbocycles.